The van der Waals surface area contributed by atoms with E-state index in [2.05, 4.69) is 4.98 Å². The Bertz CT molecular complexity index is 1330. The summed E-state index contributed by atoms with van der Waals surface area (Å²) in [5.74, 6) is -0.251. The van der Waals surface area contributed by atoms with Crippen LogP contribution < -0.4 is 11.3 Å². The minimum absolute atomic E-state index is 0.0766. The molecule has 1 aromatic carbocycles. The normalized spacial score (nSPS) is 16.8. The van der Waals surface area contributed by atoms with Gasteiger partial charge in [-0.3, -0.25) is 9.59 Å². The first-order valence-electron chi connectivity index (χ1n) is 13.6. The van der Waals surface area contributed by atoms with E-state index in [0.717, 1.165) is 29.5 Å². The molecule has 1 fully saturated rings. The van der Waals surface area contributed by atoms with Crippen LogP contribution in [0.5, 0.6) is 0 Å². The van der Waals surface area contributed by atoms with Gasteiger partial charge in [0.05, 0.1) is 5.56 Å². The number of carbonyl (C=O) groups is 1. The fraction of sp³-hybridized carbons (Fsp3) is 0.467. The number of aromatic nitrogens is 2. The molecule has 0 aliphatic carbocycles. The number of pyridine rings is 1. The van der Waals surface area contributed by atoms with Crippen LogP contribution in [-0.2, 0) is 28.7 Å². The number of carbonyl (C=O) groups excluding carboxylic acids is 1. The van der Waals surface area contributed by atoms with E-state index in [9.17, 15) is 22.8 Å². The van der Waals surface area contributed by atoms with E-state index in [1.165, 1.54) is 19.1 Å². The molecule has 4 rings (SSSR count). The van der Waals surface area contributed by atoms with Crippen molar-refractivity contribution in [2.24, 2.45) is 5.73 Å². The molecular formula is C30H37F3N4O3. The Morgan fingerprint density at radius 2 is 1.90 bits per heavy atom. The number of nitrogens with two attached hydrogens (primary N) is 1. The second-order valence-corrected chi connectivity index (χ2v) is 10.5. The number of H-pyrrole nitrogens is 1. The Kier molecular flexibility index (Phi) is 9.52. The van der Waals surface area contributed by atoms with Crippen molar-refractivity contribution < 1.29 is 22.7 Å². The molecule has 2 aromatic heterocycles. The summed E-state index contributed by atoms with van der Waals surface area (Å²) >= 11 is 0. The van der Waals surface area contributed by atoms with E-state index in [1.54, 1.807) is 28.8 Å². The van der Waals surface area contributed by atoms with Crippen molar-refractivity contribution in [3.8, 4) is 11.1 Å². The summed E-state index contributed by atoms with van der Waals surface area (Å²) in [6, 6.07) is 11.9. The first-order valence-corrected chi connectivity index (χ1v) is 13.6. The Morgan fingerprint density at radius 1 is 1.18 bits per heavy atom. The van der Waals surface area contributed by atoms with E-state index in [-0.39, 0.29) is 35.5 Å². The van der Waals surface area contributed by atoms with Gasteiger partial charge in [0, 0.05) is 75.4 Å². The Morgan fingerprint density at radius 3 is 2.55 bits per heavy atom. The third-order valence-corrected chi connectivity index (χ3v) is 7.63. The zero-order valence-corrected chi connectivity index (χ0v) is 23.0. The molecule has 0 radical (unpaired) electrons. The van der Waals surface area contributed by atoms with E-state index >= 15 is 0 Å². The lowest BCUT2D eigenvalue weighted by molar-refractivity contribution is -0.138. The highest BCUT2D eigenvalue weighted by Gasteiger charge is 2.37. The Hall–Kier alpha value is -3.37. The summed E-state index contributed by atoms with van der Waals surface area (Å²) in [5.41, 5.74) is 9.27. The molecule has 10 heteroatoms. The average Bonchev–Trinajstić information content (AvgIpc) is 3.26. The van der Waals surface area contributed by atoms with Crippen molar-refractivity contribution >= 4 is 5.91 Å². The lowest BCUT2D eigenvalue weighted by Gasteiger charge is -2.34. The zero-order chi connectivity index (χ0) is 28.9. The molecule has 1 aliphatic heterocycles. The largest absolute Gasteiger partial charge is 0.418 e. The molecule has 0 unspecified atom stereocenters. The van der Waals surface area contributed by atoms with Gasteiger partial charge in [0.15, 0.2) is 0 Å². The van der Waals surface area contributed by atoms with Gasteiger partial charge >= 0.3 is 6.18 Å². The van der Waals surface area contributed by atoms with Crippen LogP contribution >= 0.6 is 0 Å². The van der Waals surface area contributed by atoms with Gasteiger partial charge in [0.25, 0.3) is 0 Å². The van der Waals surface area contributed by atoms with Crippen LogP contribution in [0.25, 0.3) is 11.1 Å². The lowest BCUT2D eigenvalue weighted by atomic mass is 9.93. The maximum atomic E-state index is 13.7. The minimum atomic E-state index is -4.43. The van der Waals surface area contributed by atoms with Gasteiger partial charge in [0.2, 0.25) is 11.5 Å². The standard InChI is InChI=1S/C30H37F3N4O3/c1-20-26(30(31,32)33)17-27(37(20)13-4-14-40-2)24-5-3-12-36(19-24)29(39)16-25(34)15-21-6-8-22(9-7-21)23-10-11-28(38)35-18-23/h6-11,17-18,24-25H,3-5,12-16,19,34H2,1-2H3,(H,35,38)/t24-,25-/m1/s1. The molecule has 1 saturated heterocycles. The van der Waals surface area contributed by atoms with Gasteiger partial charge in [-0.2, -0.15) is 13.2 Å². The molecule has 3 heterocycles. The summed E-state index contributed by atoms with van der Waals surface area (Å²) in [4.78, 5) is 28.9. The molecule has 0 bridgehead atoms. The third kappa shape index (κ3) is 7.22. The van der Waals surface area contributed by atoms with E-state index in [0.29, 0.717) is 44.8 Å². The molecular weight excluding hydrogens is 521 g/mol. The number of hydrogen-bond acceptors (Lipinski definition) is 4. The van der Waals surface area contributed by atoms with Crippen molar-refractivity contribution in [2.75, 3.05) is 26.8 Å². The number of hydrogen-bond donors (Lipinski definition) is 2. The second-order valence-electron chi connectivity index (χ2n) is 10.5. The van der Waals surface area contributed by atoms with Gasteiger partial charge in [0.1, 0.15) is 0 Å². The third-order valence-electron chi connectivity index (χ3n) is 7.63. The van der Waals surface area contributed by atoms with Gasteiger partial charge in [-0.25, -0.2) is 0 Å². The van der Waals surface area contributed by atoms with Crippen LogP contribution in [0.4, 0.5) is 13.2 Å². The topological polar surface area (TPSA) is 93.3 Å². The highest BCUT2D eigenvalue weighted by atomic mass is 19.4. The number of alkyl halides is 3. The van der Waals surface area contributed by atoms with Gasteiger partial charge < -0.3 is 24.9 Å². The Balaban J connectivity index is 1.39. The molecule has 0 saturated carbocycles. The Labute approximate surface area is 232 Å². The lowest BCUT2D eigenvalue weighted by Crippen LogP contribution is -2.42. The number of halogens is 3. The SMILES string of the molecule is COCCCn1c([C@@H]2CCCN(C(=O)C[C@H](N)Cc3ccc(-c4ccc(=O)[nH]c4)cc3)C2)cc(C(F)(F)F)c1C. The molecule has 7 nitrogen and oxygen atoms in total. The number of rotatable bonds is 10. The van der Waals surface area contributed by atoms with E-state index in [1.807, 2.05) is 24.3 Å². The summed E-state index contributed by atoms with van der Waals surface area (Å²) in [5, 5.41) is 0. The minimum Gasteiger partial charge on any atom is -0.385 e. The molecule has 0 spiro atoms. The van der Waals surface area contributed by atoms with Crippen LogP contribution in [-0.4, -0.2) is 53.2 Å². The van der Waals surface area contributed by atoms with Gasteiger partial charge in [-0.1, -0.05) is 24.3 Å². The molecule has 1 amide bonds. The molecule has 2 atom stereocenters. The molecule has 3 aromatic rings. The van der Waals surface area contributed by atoms with E-state index in [4.69, 9.17) is 10.5 Å². The van der Waals surface area contributed by atoms with Gasteiger partial charge in [-0.15, -0.1) is 0 Å². The number of aromatic amines is 1. The van der Waals surface area contributed by atoms with Crippen LogP contribution in [0.2, 0.25) is 0 Å². The fourth-order valence-electron chi connectivity index (χ4n) is 5.56. The molecule has 3 N–H and O–H groups in total. The van der Waals surface area contributed by atoms with Crippen molar-refractivity contribution in [3.63, 3.8) is 0 Å². The number of piperidine rings is 1. The average molecular weight is 559 g/mol. The predicted octanol–water partition coefficient (Wildman–Crippen LogP) is 4.87. The van der Waals surface area contributed by atoms with Crippen molar-refractivity contribution in [1.29, 1.82) is 0 Å². The highest BCUT2D eigenvalue weighted by molar-refractivity contribution is 5.77. The smallest absolute Gasteiger partial charge is 0.385 e. The zero-order valence-electron chi connectivity index (χ0n) is 23.0. The number of methoxy groups -OCH3 is 1. The van der Waals surface area contributed by atoms with Gasteiger partial charge in [-0.05, 0) is 61.4 Å². The summed E-state index contributed by atoms with van der Waals surface area (Å²) < 4.78 is 48.0. The van der Waals surface area contributed by atoms with Crippen LogP contribution in [0.3, 0.4) is 0 Å². The molecule has 1 aliphatic rings. The number of ether oxygens (including phenoxy) is 1. The fourth-order valence-corrected chi connectivity index (χ4v) is 5.56. The van der Waals surface area contributed by atoms with E-state index < -0.39 is 11.7 Å². The number of nitrogens with zero attached hydrogens (tertiary/aromatic N) is 2. The maximum Gasteiger partial charge on any atom is 0.418 e. The number of benzene rings is 1. The number of nitrogens with one attached hydrogen (secondary N) is 1. The highest BCUT2D eigenvalue weighted by Crippen LogP contribution is 2.38. The predicted molar refractivity (Wildman–Crippen MR) is 148 cm³/mol. The first kappa shape index (κ1) is 29.6. The summed E-state index contributed by atoms with van der Waals surface area (Å²) in [6.07, 6.45) is -0.0340. The number of amides is 1. The van der Waals surface area contributed by atoms with Crippen molar-refractivity contribution in [1.82, 2.24) is 14.5 Å². The van der Waals surface area contributed by atoms with Crippen molar-refractivity contribution in [3.05, 3.63) is 81.5 Å². The first-order chi connectivity index (χ1) is 19.1. The maximum absolute atomic E-state index is 13.7. The molecule has 40 heavy (non-hydrogen) atoms. The molecule has 216 valence electrons. The van der Waals surface area contributed by atoms with Crippen LogP contribution in [0, 0.1) is 6.92 Å². The number of likely N-dealkylation sites (tertiary alicyclic amines) is 1. The van der Waals surface area contributed by atoms with Crippen LogP contribution in [0.15, 0.2) is 53.5 Å². The van der Waals surface area contributed by atoms with Crippen LogP contribution in [0.1, 0.15) is 54.1 Å². The summed E-state index contributed by atoms with van der Waals surface area (Å²) in [7, 11) is 1.57. The monoisotopic (exact) mass is 558 g/mol. The second kappa shape index (κ2) is 12.9. The quantitative estimate of drug-likeness (QED) is 0.347. The van der Waals surface area contributed by atoms with Crippen molar-refractivity contribution in [2.45, 2.75) is 63.7 Å². The summed E-state index contributed by atoms with van der Waals surface area (Å²) in [6.45, 7) is 3.36.